The molecular weight excluding hydrogens is 336 g/mol. The molecule has 0 radical (unpaired) electrons. The van der Waals surface area contributed by atoms with E-state index in [1.54, 1.807) is 0 Å². The number of hydrogen-bond acceptors (Lipinski definition) is 2. The first-order valence-electron chi connectivity index (χ1n) is 6.06. The van der Waals surface area contributed by atoms with E-state index < -0.39 is 35.3 Å². The molecule has 2 rings (SSSR count). The third-order valence-corrected chi connectivity index (χ3v) is 4.03. The minimum atomic E-state index is -0.922. The molecule has 0 aromatic heterocycles. The minimum absolute atomic E-state index is 0.108. The van der Waals surface area contributed by atoms with Crippen LogP contribution in [-0.2, 0) is 9.59 Å². The number of carboxylic acids is 1. The second-order valence-electron chi connectivity index (χ2n) is 4.78. The predicted octanol–water partition coefficient (Wildman–Crippen LogP) is 3.17. The van der Waals surface area contributed by atoms with E-state index in [4.69, 9.17) is 5.11 Å². The fourth-order valence-corrected chi connectivity index (χ4v) is 2.84. The van der Waals surface area contributed by atoms with Crippen molar-refractivity contribution >= 4 is 33.5 Å². The molecule has 0 saturated heterocycles. The van der Waals surface area contributed by atoms with Crippen molar-refractivity contribution in [1.29, 1.82) is 0 Å². The largest absolute Gasteiger partial charge is 0.481 e. The van der Waals surface area contributed by atoms with Crippen molar-refractivity contribution in [3.8, 4) is 0 Å². The molecule has 20 heavy (non-hydrogen) atoms. The zero-order valence-electron chi connectivity index (χ0n) is 10.3. The maximum absolute atomic E-state index is 13.6. The standard InChI is InChI=1S/C13H12BrF2NO3/c14-9-4-8(15)5-10(16)11(9)17-12(18)6-1-2-7(3-6)13(19)20/h4-7H,1-3H2,(H,17,18)(H,19,20)/t6-,7+/m1/s1. The number of carbonyl (C=O) groups is 2. The van der Waals surface area contributed by atoms with Gasteiger partial charge in [0.1, 0.15) is 5.82 Å². The Balaban J connectivity index is 2.08. The number of aliphatic carboxylic acids is 1. The monoisotopic (exact) mass is 347 g/mol. The molecule has 1 amide bonds. The van der Waals surface area contributed by atoms with Crippen LogP contribution >= 0.6 is 15.9 Å². The number of amides is 1. The summed E-state index contributed by atoms with van der Waals surface area (Å²) in [5.74, 6) is -3.99. The summed E-state index contributed by atoms with van der Waals surface area (Å²) in [5.41, 5.74) is -0.129. The lowest BCUT2D eigenvalue weighted by molar-refractivity contribution is -0.141. The van der Waals surface area contributed by atoms with E-state index >= 15 is 0 Å². The average Bonchev–Trinajstić information content (AvgIpc) is 2.83. The van der Waals surface area contributed by atoms with Gasteiger partial charge in [0.15, 0.2) is 5.82 Å². The summed E-state index contributed by atoms with van der Waals surface area (Å²) in [6.45, 7) is 0. The van der Waals surface area contributed by atoms with Crippen molar-refractivity contribution in [3.63, 3.8) is 0 Å². The van der Waals surface area contributed by atoms with Gasteiger partial charge in [-0.1, -0.05) is 0 Å². The van der Waals surface area contributed by atoms with Crippen LogP contribution in [0.2, 0.25) is 0 Å². The number of benzene rings is 1. The molecule has 4 nitrogen and oxygen atoms in total. The number of nitrogens with one attached hydrogen (secondary N) is 1. The molecule has 2 N–H and O–H groups in total. The van der Waals surface area contributed by atoms with E-state index in [2.05, 4.69) is 21.2 Å². The SMILES string of the molecule is O=C(O)[C@H]1CC[C@@H](C(=O)Nc2c(F)cc(F)cc2Br)C1. The van der Waals surface area contributed by atoms with E-state index in [1.165, 1.54) is 0 Å². The third kappa shape index (κ3) is 3.15. The van der Waals surface area contributed by atoms with Gasteiger partial charge in [0.05, 0.1) is 11.6 Å². The van der Waals surface area contributed by atoms with E-state index in [-0.39, 0.29) is 16.6 Å². The zero-order chi connectivity index (χ0) is 14.9. The highest BCUT2D eigenvalue weighted by molar-refractivity contribution is 9.10. The summed E-state index contributed by atoms with van der Waals surface area (Å²) in [4.78, 5) is 22.8. The fourth-order valence-electron chi connectivity index (χ4n) is 2.33. The first kappa shape index (κ1) is 14.9. The Morgan fingerprint density at radius 3 is 2.45 bits per heavy atom. The average molecular weight is 348 g/mol. The first-order valence-corrected chi connectivity index (χ1v) is 6.86. The highest BCUT2D eigenvalue weighted by Crippen LogP contribution is 2.33. The minimum Gasteiger partial charge on any atom is -0.481 e. The number of carbonyl (C=O) groups excluding carboxylic acids is 1. The van der Waals surface area contributed by atoms with E-state index in [0.717, 1.165) is 6.07 Å². The molecule has 0 unspecified atom stereocenters. The molecule has 0 heterocycles. The molecule has 1 aliphatic carbocycles. The summed E-state index contributed by atoms with van der Waals surface area (Å²) < 4.78 is 26.6. The molecule has 108 valence electrons. The van der Waals surface area contributed by atoms with Crippen LogP contribution in [-0.4, -0.2) is 17.0 Å². The summed E-state index contributed by atoms with van der Waals surface area (Å²) in [5, 5.41) is 11.3. The van der Waals surface area contributed by atoms with Gasteiger partial charge in [-0.2, -0.15) is 0 Å². The Labute approximate surface area is 122 Å². The molecule has 1 aromatic rings. The molecule has 7 heteroatoms. The quantitative estimate of drug-likeness (QED) is 0.882. The van der Waals surface area contributed by atoms with E-state index in [0.29, 0.717) is 18.9 Å². The highest BCUT2D eigenvalue weighted by Gasteiger charge is 2.34. The third-order valence-electron chi connectivity index (χ3n) is 3.41. The lowest BCUT2D eigenvalue weighted by Gasteiger charge is -2.13. The predicted molar refractivity (Wildman–Crippen MR) is 71.2 cm³/mol. The van der Waals surface area contributed by atoms with Gasteiger partial charge < -0.3 is 10.4 Å². The number of hydrogen-bond donors (Lipinski definition) is 2. The number of carboxylic acid groups (broad SMARTS) is 1. The van der Waals surface area contributed by atoms with Gasteiger partial charge in [0.2, 0.25) is 5.91 Å². The molecular formula is C13H12BrF2NO3. The summed E-state index contributed by atoms with van der Waals surface area (Å²) in [6, 6.07) is 1.72. The molecule has 1 aromatic carbocycles. The molecule has 0 spiro atoms. The van der Waals surface area contributed by atoms with Crippen LogP contribution in [0, 0.1) is 23.5 Å². The maximum atomic E-state index is 13.6. The first-order chi connectivity index (χ1) is 9.38. The zero-order valence-corrected chi connectivity index (χ0v) is 11.9. The maximum Gasteiger partial charge on any atom is 0.306 e. The normalized spacial score (nSPS) is 21.8. The van der Waals surface area contributed by atoms with Crippen LogP contribution in [0.25, 0.3) is 0 Å². The van der Waals surface area contributed by atoms with Crippen molar-refractivity contribution in [2.45, 2.75) is 19.3 Å². The Morgan fingerprint density at radius 2 is 1.90 bits per heavy atom. The van der Waals surface area contributed by atoms with E-state index in [1.807, 2.05) is 0 Å². The molecule has 0 bridgehead atoms. The summed E-state index contributed by atoms with van der Waals surface area (Å²) in [6.07, 6.45) is 1.12. The lowest BCUT2D eigenvalue weighted by Crippen LogP contribution is -2.22. The Morgan fingerprint density at radius 1 is 1.25 bits per heavy atom. The molecule has 1 aliphatic rings. The molecule has 0 aliphatic heterocycles. The van der Waals surface area contributed by atoms with Crippen molar-refractivity contribution in [3.05, 3.63) is 28.2 Å². The van der Waals surface area contributed by atoms with Gasteiger partial charge in [-0.15, -0.1) is 0 Å². The van der Waals surface area contributed by atoms with Gasteiger partial charge in [0.25, 0.3) is 0 Å². The van der Waals surface area contributed by atoms with Crippen LogP contribution in [0.15, 0.2) is 16.6 Å². The number of anilines is 1. The van der Waals surface area contributed by atoms with Crippen molar-refractivity contribution < 1.29 is 23.5 Å². The van der Waals surface area contributed by atoms with Crippen molar-refractivity contribution in [2.24, 2.45) is 11.8 Å². The molecule has 1 saturated carbocycles. The van der Waals surface area contributed by atoms with E-state index in [9.17, 15) is 18.4 Å². The Bertz CT molecular complexity index is 542. The van der Waals surface area contributed by atoms with Crippen molar-refractivity contribution in [2.75, 3.05) is 5.32 Å². The summed E-state index contributed by atoms with van der Waals surface area (Å²) >= 11 is 2.98. The molecule has 2 atom stereocenters. The topological polar surface area (TPSA) is 66.4 Å². The second-order valence-corrected chi connectivity index (χ2v) is 5.63. The smallest absolute Gasteiger partial charge is 0.306 e. The number of rotatable bonds is 3. The lowest BCUT2D eigenvalue weighted by atomic mass is 10.0. The van der Waals surface area contributed by atoms with Gasteiger partial charge in [-0.05, 0) is 41.3 Å². The Hall–Kier alpha value is -1.50. The van der Waals surface area contributed by atoms with Crippen molar-refractivity contribution in [1.82, 2.24) is 0 Å². The van der Waals surface area contributed by atoms with Gasteiger partial charge >= 0.3 is 5.97 Å². The number of halogens is 3. The highest BCUT2D eigenvalue weighted by atomic mass is 79.9. The Kier molecular flexibility index (Phi) is 4.37. The van der Waals surface area contributed by atoms with Gasteiger partial charge in [0, 0.05) is 16.5 Å². The van der Waals surface area contributed by atoms with Gasteiger partial charge in [-0.25, -0.2) is 8.78 Å². The van der Waals surface area contributed by atoms with Crippen LogP contribution in [0.3, 0.4) is 0 Å². The summed E-state index contributed by atoms with van der Waals surface area (Å²) in [7, 11) is 0. The van der Waals surface area contributed by atoms with Crippen LogP contribution in [0.5, 0.6) is 0 Å². The van der Waals surface area contributed by atoms with Crippen LogP contribution < -0.4 is 5.32 Å². The second kappa shape index (κ2) is 5.87. The molecule has 1 fully saturated rings. The van der Waals surface area contributed by atoms with Gasteiger partial charge in [-0.3, -0.25) is 9.59 Å². The van der Waals surface area contributed by atoms with Crippen LogP contribution in [0.1, 0.15) is 19.3 Å². The fraction of sp³-hybridized carbons (Fsp3) is 0.385. The van der Waals surface area contributed by atoms with Crippen LogP contribution in [0.4, 0.5) is 14.5 Å².